The molecule has 0 aliphatic heterocycles. The average Bonchev–Trinajstić information content (AvgIpc) is 2.27. The van der Waals surface area contributed by atoms with Crippen molar-refractivity contribution in [1.29, 1.82) is 0 Å². The Hall–Kier alpha value is -0.703. The van der Waals surface area contributed by atoms with Gasteiger partial charge in [-0.25, -0.2) is 0 Å². The number of halogens is 2. The fraction of sp³-hybridized carbons (Fsp3) is 0.600. The van der Waals surface area contributed by atoms with Crippen molar-refractivity contribution in [3.8, 4) is 0 Å². The van der Waals surface area contributed by atoms with E-state index in [1.54, 1.807) is 0 Å². The summed E-state index contributed by atoms with van der Waals surface area (Å²) in [6.07, 6.45) is 0.559. The number of hydrogen-bond donors (Lipinski definition) is 0. The van der Waals surface area contributed by atoms with Gasteiger partial charge in [-0.15, -0.1) is 0 Å². The van der Waals surface area contributed by atoms with Gasteiger partial charge in [0.05, 0.1) is 0 Å². The van der Waals surface area contributed by atoms with Gasteiger partial charge in [0.25, 0.3) is 0 Å². The van der Waals surface area contributed by atoms with Crippen LogP contribution in [-0.4, -0.2) is 8.74 Å². The van der Waals surface area contributed by atoms with E-state index in [4.69, 9.17) is 0 Å². The highest BCUT2D eigenvalue weighted by Gasteiger charge is 2.41. The Morgan fingerprint density at radius 3 is 1.78 bits per heavy atom. The summed E-state index contributed by atoms with van der Waals surface area (Å²) in [4.78, 5) is 0. The summed E-state index contributed by atoms with van der Waals surface area (Å²) >= 11 is 0. The van der Waals surface area contributed by atoms with E-state index in [9.17, 15) is 8.22 Å². The quantitative estimate of drug-likeness (QED) is 0.525. The average molecular weight is 270 g/mol. The van der Waals surface area contributed by atoms with E-state index < -0.39 is 8.74 Å². The van der Waals surface area contributed by atoms with Crippen LogP contribution in [0, 0.1) is 0 Å². The van der Waals surface area contributed by atoms with Crippen LogP contribution >= 0.6 is 0 Å². The Labute approximate surface area is 111 Å². The highest BCUT2D eigenvalue weighted by molar-refractivity contribution is 6.80. The maximum Gasteiger partial charge on any atom is 0.456 e. The summed E-state index contributed by atoms with van der Waals surface area (Å²) in [6, 6.07) is 5.74. The number of benzene rings is 1. The van der Waals surface area contributed by atoms with Crippen LogP contribution in [-0.2, 0) is 0 Å². The minimum absolute atomic E-state index is 0.0659. The Morgan fingerprint density at radius 1 is 1.00 bits per heavy atom. The highest BCUT2D eigenvalue weighted by Crippen LogP contribution is 2.27. The molecule has 0 radical (unpaired) electrons. The molecule has 3 heteroatoms. The van der Waals surface area contributed by atoms with Crippen molar-refractivity contribution in [2.24, 2.45) is 0 Å². The van der Waals surface area contributed by atoms with E-state index in [-0.39, 0.29) is 17.9 Å². The second-order valence-electron chi connectivity index (χ2n) is 5.58. The second kappa shape index (κ2) is 5.96. The fourth-order valence-corrected chi connectivity index (χ4v) is 4.88. The highest BCUT2D eigenvalue weighted by atomic mass is 28.4. The van der Waals surface area contributed by atoms with Gasteiger partial charge in [0, 0.05) is 11.2 Å². The molecule has 0 aliphatic rings. The van der Waals surface area contributed by atoms with Crippen molar-refractivity contribution in [2.75, 3.05) is 0 Å². The van der Waals surface area contributed by atoms with Crippen molar-refractivity contribution >= 4 is 13.9 Å². The molecule has 0 saturated heterocycles. The van der Waals surface area contributed by atoms with Crippen LogP contribution in [0.3, 0.4) is 0 Å². The molecule has 1 aromatic carbocycles. The molecule has 0 atom stereocenters. The van der Waals surface area contributed by atoms with Crippen molar-refractivity contribution in [2.45, 2.75) is 58.9 Å². The third kappa shape index (κ3) is 3.19. The molecule has 0 bridgehead atoms. The molecule has 102 valence electrons. The van der Waals surface area contributed by atoms with Crippen molar-refractivity contribution in [1.82, 2.24) is 0 Å². The summed E-state index contributed by atoms with van der Waals surface area (Å²) in [6.45, 7) is 9.84. The third-order valence-electron chi connectivity index (χ3n) is 3.30. The molecule has 1 rings (SSSR count). The molecule has 0 unspecified atom stereocenters. The van der Waals surface area contributed by atoms with Crippen LogP contribution in [0.2, 0.25) is 6.04 Å². The smallest absolute Gasteiger partial charge is 0.265 e. The summed E-state index contributed by atoms with van der Waals surface area (Å²) in [5.74, 6) is 0.322. The minimum atomic E-state index is -4.29. The lowest BCUT2D eigenvalue weighted by atomic mass is 9.95. The van der Waals surface area contributed by atoms with Crippen molar-refractivity contribution in [3.05, 3.63) is 29.3 Å². The summed E-state index contributed by atoms with van der Waals surface area (Å²) in [5, 5.41) is 0.414. The molecule has 18 heavy (non-hydrogen) atoms. The van der Waals surface area contributed by atoms with E-state index in [1.165, 1.54) is 0 Å². The van der Waals surface area contributed by atoms with Gasteiger partial charge in [-0.1, -0.05) is 59.2 Å². The van der Waals surface area contributed by atoms with Gasteiger partial charge in [-0.3, -0.25) is 8.22 Å². The zero-order valence-corrected chi connectivity index (χ0v) is 13.1. The largest absolute Gasteiger partial charge is 0.456 e. The molecule has 0 nitrogen and oxygen atoms in total. The first kappa shape index (κ1) is 15.4. The third-order valence-corrected chi connectivity index (χ3v) is 5.74. The van der Waals surface area contributed by atoms with Gasteiger partial charge < -0.3 is 0 Å². The predicted molar refractivity (Wildman–Crippen MR) is 77.3 cm³/mol. The van der Waals surface area contributed by atoms with Gasteiger partial charge in [0.15, 0.2) is 0 Å². The monoisotopic (exact) mass is 270 g/mol. The zero-order chi connectivity index (χ0) is 13.9. The Kier molecular flexibility index (Phi) is 5.08. The normalized spacial score (nSPS) is 12.5. The van der Waals surface area contributed by atoms with Gasteiger partial charge in [0.2, 0.25) is 0 Å². The minimum Gasteiger partial charge on any atom is -0.265 e. The molecule has 0 N–H and O–H groups in total. The number of hydrogen-bond acceptors (Lipinski definition) is 0. The fourth-order valence-electron chi connectivity index (χ4n) is 2.41. The summed E-state index contributed by atoms with van der Waals surface area (Å²) in [5.41, 5.74) is 1.71. The van der Waals surface area contributed by atoms with Crippen LogP contribution in [0.25, 0.3) is 0 Å². The van der Waals surface area contributed by atoms with Gasteiger partial charge in [-0.2, -0.15) is 0 Å². The van der Waals surface area contributed by atoms with E-state index in [2.05, 4.69) is 0 Å². The van der Waals surface area contributed by atoms with E-state index in [0.29, 0.717) is 11.6 Å². The molecule has 1 aromatic rings. The predicted octanol–water partition coefficient (Wildman–Crippen LogP) is 4.93. The zero-order valence-electron chi connectivity index (χ0n) is 12.1. The van der Waals surface area contributed by atoms with E-state index >= 15 is 0 Å². The first-order chi connectivity index (χ1) is 8.31. The molecule has 0 fully saturated rings. The maximum atomic E-state index is 14.5. The van der Waals surface area contributed by atoms with Crippen LogP contribution < -0.4 is 5.19 Å². The Bertz CT molecular complexity index is 371. The first-order valence-corrected chi connectivity index (χ1v) is 8.78. The number of rotatable bonds is 5. The first-order valence-electron chi connectivity index (χ1n) is 6.82. The molecule has 0 saturated carbocycles. The summed E-state index contributed by atoms with van der Waals surface area (Å²) in [7, 11) is -4.29. The van der Waals surface area contributed by atoms with Crippen LogP contribution in [0.5, 0.6) is 0 Å². The summed E-state index contributed by atoms with van der Waals surface area (Å²) < 4.78 is 29.1. The van der Waals surface area contributed by atoms with Crippen molar-refractivity contribution < 1.29 is 8.22 Å². The van der Waals surface area contributed by atoms with Gasteiger partial charge in [0.1, 0.15) is 0 Å². The Balaban J connectivity index is 3.44. The molecule has 0 aromatic heterocycles. The second-order valence-corrected chi connectivity index (χ2v) is 7.98. The van der Waals surface area contributed by atoms with Gasteiger partial charge >= 0.3 is 8.74 Å². The Morgan fingerprint density at radius 2 is 1.44 bits per heavy atom. The lowest BCUT2D eigenvalue weighted by Crippen LogP contribution is -2.44. The van der Waals surface area contributed by atoms with E-state index in [0.717, 1.165) is 11.1 Å². The van der Waals surface area contributed by atoms with Crippen LogP contribution in [0.1, 0.15) is 64.0 Å². The standard InChI is InChI=1S/C15H24F2Si/c1-6-10-18(16,17)15-13(11(2)3)8-7-9-14(15)12(4)5/h7-9,11-12H,6,10H2,1-5H3. The van der Waals surface area contributed by atoms with Crippen LogP contribution in [0.4, 0.5) is 8.22 Å². The van der Waals surface area contributed by atoms with Gasteiger partial charge in [-0.05, 0) is 23.0 Å². The topological polar surface area (TPSA) is 0 Å². The molecule has 0 aliphatic carbocycles. The lowest BCUT2D eigenvalue weighted by molar-refractivity contribution is 0.611. The van der Waals surface area contributed by atoms with Crippen LogP contribution in [0.15, 0.2) is 18.2 Å². The van der Waals surface area contributed by atoms with E-state index in [1.807, 2.05) is 52.8 Å². The molecule has 0 heterocycles. The SMILES string of the molecule is CCC[Si](F)(F)c1c(C(C)C)cccc1C(C)C. The molecule has 0 spiro atoms. The lowest BCUT2D eigenvalue weighted by Gasteiger charge is -2.24. The maximum absolute atomic E-state index is 14.5. The molecule has 0 amide bonds. The molecular formula is C15H24F2Si. The van der Waals surface area contributed by atoms with Crippen molar-refractivity contribution in [3.63, 3.8) is 0 Å². The molecular weight excluding hydrogens is 246 g/mol.